The van der Waals surface area contributed by atoms with Gasteiger partial charge in [0.1, 0.15) is 0 Å². The van der Waals surface area contributed by atoms with E-state index in [0.29, 0.717) is 5.56 Å². The van der Waals surface area contributed by atoms with Gasteiger partial charge in [-0.15, -0.1) is 0 Å². The van der Waals surface area contributed by atoms with Gasteiger partial charge in [0.15, 0.2) is 0 Å². The molecule has 3 nitrogen and oxygen atoms in total. The third-order valence-electron chi connectivity index (χ3n) is 3.04. The average Bonchev–Trinajstić information content (AvgIpc) is 2.47. The molecular weight excluding hydrogens is 274 g/mol. The van der Waals surface area contributed by atoms with Gasteiger partial charge in [0.05, 0.1) is 12.7 Å². The van der Waals surface area contributed by atoms with Crippen molar-refractivity contribution in [1.29, 1.82) is 0 Å². The molecule has 0 amide bonds. The fraction of sp³-hybridized carbons (Fsp3) is 0.188. The summed E-state index contributed by atoms with van der Waals surface area (Å²) in [6.07, 6.45) is 0. The highest BCUT2D eigenvalue weighted by atomic mass is 35.5. The monoisotopic (exact) mass is 289 g/mol. The van der Waals surface area contributed by atoms with Crippen LogP contribution in [-0.4, -0.2) is 13.1 Å². The average molecular weight is 290 g/mol. The second kappa shape index (κ2) is 6.44. The van der Waals surface area contributed by atoms with E-state index < -0.39 is 0 Å². The number of halogens is 1. The van der Waals surface area contributed by atoms with Crippen LogP contribution in [0, 0.1) is 0 Å². The van der Waals surface area contributed by atoms with Crippen LogP contribution in [0.1, 0.15) is 28.9 Å². The van der Waals surface area contributed by atoms with E-state index in [4.69, 9.17) is 16.3 Å². The van der Waals surface area contributed by atoms with Gasteiger partial charge in [-0.2, -0.15) is 0 Å². The minimum Gasteiger partial charge on any atom is -0.465 e. The Bertz CT molecular complexity index is 613. The number of hydrogen-bond acceptors (Lipinski definition) is 3. The minimum absolute atomic E-state index is 0.0385. The van der Waals surface area contributed by atoms with E-state index in [2.05, 4.69) is 5.32 Å². The van der Waals surface area contributed by atoms with Crippen LogP contribution >= 0.6 is 11.6 Å². The van der Waals surface area contributed by atoms with E-state index in [1.54, 1.807) is 12.1 Å². The van der Waals surface area contributed by atoms with Gasteiger partial charge < -0.3 is 10.1 Å². The number of rotatable bonds is 4. The molecule has 0 aliphatic rings. The summed E-state index contributed by atoms with van der Waals surface area (Å²) >= 11 is 6.18. The Morgan fingerprint density at radius 2 is 1.95 bits per heavy atom. The maximum Gasteiger partial charge on any atom is 0.337 e. The quantitative estimate of drug-likeness (QED) is 0.853. The summed E-state index contributed by atoms with van der Waals surface area (Å²) in [7, 11) is 1.37. The third kappa shape index (κ3) is 3.31. The molecule has 4 heteroatoms. The van der Waals surface area contributed by atoms with Crippen LogP contribution in [0.4, 0.5) is 5.69 Å². The summed E-state index contributed by atoms with van der Waals surface area (Å²) in [5.41, 5.74) is 2.38. The highest BCUT2D eigenvalue weighted by molar-refractivity contribution is 6.31. The summed E-state index contributed by atoms with van der Waals surface area (Å²) in [6, 6.07) is 14.9. The van der Waals surface area contributed by atoms with Crippen molar-refractivity contribution in [3.8, 4) is 0 Å². The molecule has 1 atom stereocenters. The highest BCUT2D eigenvalue weighted by Gasteiger charge is 2.10. The van der Waals surface area contributed by atoms with Crippen molar-refractivity contribution in [2.45, 2.75) is 13.0 Å². The molecule has 0 saturated heterocycles. The molecule has 0 saturated carbocycles. The maximum atomic E-state index is 11.5. The molecule has 0 aromatic heterocycles. The van der Waals surface area contributed by atoms with Crippen LogP contribution in [0.3, 0.4) is 0 Å². The molecule has 104 valence electrons. The summed E-state index contributed by atoms with van der Waals surface area (Å²) < 4.78 is 4.71. The Labute approximate surface area is 123 Å². The van der Waals surface area contributed by atoms with Crippen molar-refractivity contribution < 1.29 is 9.53 Å². The molecule has 2 aromatic carbocycles. The van der Waals surface area contributed by atoms with Crippen LogP contribution < -0.4 is 5.32 Å². The lowest BCUT2D eigenvalue weighted by atomic mass is 10.1. The number of ether oxygens (including phenoxy) is 1. The molecule has 0 fully saturated rings. The van der Waals surface area contributed by atoms with Crippen LogP contribution in [0.25, 0.3) is 0 Å². The Balaban J connectivity index is 2.18. The van der Waals surface area contributed by atoms with Crippen LogP contribution in [0.2, 0.25) is 5.02 Å². The van der Waals surface area contributed by atoms with Gasteiger partial charge in [-0.1, -0.05) is 35.9 Å². The van der Waals surface area contributed by atoms with Gasteiger partial charge in [0.2, 0.25) is 0 Å². The van der Waals surface area contributed by atoms with E-state index in [1.165, 1.54) is 7.11 Å². The number of carbonyl (C=O) groups excluding carboxylic acids is 1. The first kappa shape index (κ1) is 14.4. The van der Waals surface area contributed by atoms with Crippen molar-refractivity contribution in [3.05, 3.63) is 64.7 Å². The predicted molar refractivity (Wildman–Crippen MR) is 81.3 cm³/mol. The molecule has 0 heterocycles. The van der Waals surface area contributed by atoms with Crippen LogP contribution in [-0.2, 0) is 4.74 Å². The first-order chi connectivity index (χ1) is 9.61. The Hall–Kier alpha value is -2.00. The Morgan fingerprint density at radius 1 is 1.20 bits per heavy atom. The highest BCUT2D eigenvalue weighted by Crippen LogP contribution is 2.26. The molecule has 20 heavy (non-hydrogen) atoms. The summed E-state index contributed by atoms with van der Waals surface area (Å²) in [5.74, 6) is -0.348. The number of benzene rings is 2. The molecule has 0 bridgehead atoms. The molecule has 0 aliphatic carbocycles. The number of methoxy groups -OCH3 is 1. The van der Waals surface area contributed by atoms with Gasteiger partial charge in [-0.25, -0.2) is 4.79 Å². The molecule has 0 spiro atoms. The van der Waals surface area contributed by atoms with Gasteiger partial charge in [0, 0.05) is 16.8 Å². The predicted octanol–water partition coefficient (Wildman–Crippen LogP) is 4.30. The molecule has 0 aliphatic heterocycles. The zero-order valence-corrected chi connectivity index (χ0v) is 12.1. The first-order valence-corrected chi connectivity index (χ1v) is 6.69. The van der Waals surface area contributed by atoms with E-state index in [9.17, 15) is 4.79 Å². The van der Waals surface area contributed by atoms with Crippen molar-refractivity contribution in [2.24, 2.45) is 0 Å². The standard InChI is InChI=1S/C16H16ClNO2/c1-11(14-8-3-4-9-15(14)17)18-13-7-5-6-12(10-13)16(19)20-2/h3-11,18H,1-2H3. The first-order valence-electron chi connectivity index (χ1n) is 6.31. The molecule has 1 N–H and O–H groups in total. The second-order valence-electron chi connectivity index (χ2n) is 4.46. The van der Waals surface area contributed by atoms with Crippen molar-refractivity contribution in [3.63, 3.8) is 0 Å². The number of carbonyl (C=O) groups is 1. The SMILES string of the molecule is COC(=O)c1cccc(NC(C)c2ccccc2Cl)c1. The third-order valence-corrected chi connectivity index (χ3v) is 3.38. The summed E-state index contributed by atoms with van der Waals surface area (Å²) in [5, 5.41) is 4.05. The Kier molecular flexibility index (Phi) is 4.64. The number of anilines is 1. The lowest BCUT2D eigenvalue weighted by Gasteiger charge is -2.17. The lowest BCUT2D eigenvalue weighted by Crippen LogP contribution is -2.08. The molecule has 1 unspecified atom stereocenters. The van der Waals surface area contributed by atoms with E-state index in [0.717, 1.165) is 16.3 Å². The molecule has 0 radical (unpaired) electrons. The number of hydrogen-bond donors (Lipinski definition) is 1. The van der Waals surface area contributed by atoms with Gasteiger partial charge in [-0.05, 0) is 36.8 Å². The number of nitrogens with one attached hydrogen (secondary N) is 1. The smallest absolute Gasteiger partial charge is 0.337 e. The lowest BCUT2D eigenvalue weighted by molar-refractivity contribution is 0.0601. The maximum absolute atomic E-state index is 11.5. The molecule has 2 rings (SSSR count). The second-order valence-corrected chi connectivity index (χ2v) is 4.87. The number of esters is 1. The zero-order valence-electron chi connectivity index (χ0n) is 11.4. The van der Waals surface area contributed by atoms with Crippen molar-refractivity contribution >= 4 is 23.3 Å². The summed E-state index contributed by atoms with van der Waals surface area (Å²) in [6.45, 7) is 2.02. The van der Waals surface area contributed by atoms with E-state index >= 15 is 0 Å². The zero-order chi connectivity index (χ0) is 14.5. The van der Waals surface area contributed by atoms with Crippen LogP contribution in [0.15, 0.2) is 48.5 Å². The minimum atomic E-state index is -0.348. The van der Waals surface area contributed by atoms with E-state index in [-0.39, 0.29) is 12.0 Å². The Morgan fingerprint density at radius 3 is 2.65 bits per heavy atom. The van der Waals surface area contributed by atoms with Crippen LogP contribution in [0.5, 0.6) is 0 Å². The normalized spacial score (nSPS) is 11.8. The van der Waals surface area contributed by atoms with Gasteiger partial charge >= 0.3 is 5.97 Å². The summed E-state index contributed by atoms with van der Waals surface area (Å²) in [4.78, 5) is 11.5. The van der Waals surface area contributed by atoms with Crippen molar-refractivity contribution in [1.82, 2.24) is 0 Å². The van der Waals surface area contributed by atoms with Gasteiger partial charge in [-0.3, -0.25) is 0 Å². The van der Waals surface area contributed by atoms with E-state index in [1.807, 2.05) is 43.3 Å². The molecule has 2 aromatic rings. The fourth-order valence-corrected chi connectivity index (χ4v) is 2.31. The topological polar surface area (TPSA) is 38.3 Å². The largest absolute Gasteiger partial charge is 0.465 e. The van der Waals surface area contributed by atoms with Gasteiger partial charge in [0.25, 0.3) is 0 Å². The fourth-order valence-electron chi connectivity index (χ4n) is 2.01. The molecular formula is C16H16ClNO2. The van der Waals surface area contributed by atoms with Crippen molar-refractivity contribution in [2.75, 3.05) is 12.4 Å².